The lowest BCUT2D eigenvalue weighted by molar-refractivity contribution is -0.135. The Hall–Kier alpha value is -3.32. The number of nitrogens with one attached hydrogen (secondary N) is 1. The van der Waals surface area contributed by atoms with Gasteiger partial charge in [0, 0.05) is 6.08 Å². The third-order valence-corrected chi connectivity index (χ3v) is 3.84. The zero-order valence-corrected chi connectivity index (χ0v) is 14.7. The summed E-state index contributed by atoms with van der Waals surface area (Å²) in [5.74, 6) is -0.195. The number of hydrogen-bond donors (Lipinski definition) is 1. The van der Waals surface area contributed by atoms with Gasteiger partial charge in [-0.15, -0.1) is 5.10 Å². The molecule has 0 aromatic heterocycles. The van der Waals surface area contributed by atoms with Crippen LogP contribution in [0.2, 0.25) is 0 Å². The Morgan fingerprint density at radius 1 is 1.38 bits per heavy atom. The summed E-state index contributed by atoms with van der Waals surface area (Å²) in [5.41, 5.74) is 0.655. The quantitative estimate of drug-likeness (QED) is 0.344. The highest BCUT2D eigenvalue weighted by molar-refractivity contribution is 8.18. The SMILES string of the molecule is COC(=O)/C=C1/S/C(=N\N=Cc2ccc(OC)c(OCC#N)c2)NC1=O. The third-order valence-electron chi connectivity index (χ3n) is 2.94. The average molecular weight is 374 g/mol. The molecule has 1 saturated heterocycles. The van der Waals surface area contributed by atoms with E-state index in [0.717, 1.165) is 17.8 Å². The number of carbonyl (C=O) groups excluding carboxylic acids is 2. The van der Waals surface area contributed by atoms with Crippen molar-refractivity contribution in [3.8, 4) is 17.6 Å². The van der Waals surface area contributed by atoms with Gasteiger partial charge >= 0.3 is 5.97 Å². The van der Waals surface area contributed by atoms with Crippen LogP contribution in [0.3, 0.4) is 0 Å². The molecule has 0 saturated carbocycles. The molecular weight excluding hydrogens is 360 g/mol. The fraction of sp³-hybridized carbons (Fsp3) is 0.188. The van der Waals surface area contributed by atoms with Crippen molar-refractivity contribution < 1.29 is 23.8 Å². The number of benzene rings is 1. The number of thioether (sulfide) groups is 1. The van der Waals surface area contributed by atoms with E-state index >= 15 is 0 Å². The van der Waals surface area contributed by atoms with Crippen molar-refractivity contribution in [1.82, 2.24) is 5.32 Å². The van der Waals surface area contributed by atoms with E-state index in [0.29, 0.717) is 17.1 Å². The van der Waals surface area contributed by atoms with Crippen LogP contribution in [0.4, 0.5) is 0 Å². The van der Waals surface area contributed by atoms with Crippen molar-refractivity contribution in [2.24, 2.45) is 10.2 Å². The molecule has 1 aromatic rings. The lowest BCUT2D eigenvalue weighted by Crippen LogP contribution is -2.19. The minimum Gasteiger partial charge on any atom is -0.493 e. The largest absolute Gasteiger partial charge is 0.493 e. The number of nitriles is 1. The molecule has 1 aliphatic rings. The predicted octanol–water partition coefficient (Wildman–Crippen LogP) is 1.21. The molecule has 1 fully saturated rings. The first kappa shape index (κ1) is 19.0. The minimum absolute atomic E-state index is 0.114. The standard InChI is InChI=1S/C16H14N4O5S/c1-23-11-4-3-10(7-12(11)25-6-5-17)9-18-20-16-19-15(22)13(26-16)8-14(21)24-2/h3-4,7-9H,6H2,1-2H3,(H,19,20,22)/b13-8+,18-9?. The highest BCUT2D eigenvalue weighted by Crippen LogP contribution is 2.27. The molecule has 0 radical (unpaired) electrons. The molecule has 134 valence electrons. The molecule has 1 heterocycles. The Labute approximate surface area is 153 Å². The predicted molar refractivity (Wildman–Crippen MR) is 95.0 cm³/mol. The normalized spacial score (nSPS) is 16.6. The summed E-state index contributed by atoms with van der Waals surface area (Å²) in [7, 11) is 2.72. The summed E-state index contributed by atoms with van der Waals surface area (Å²) in [6, 6.07) is 6.92. The smallest absolute Gasteiger partial charge is 0.331 e. The van der Waals surface area contributed by atoms with Crippen LogP contribution in [0, 0.1) is 11.3 Å². The fourth-order valence-corrected chi connectivity index (χ4v) is 2.52. The van der Waals surface area contributed by atoms with Gasteiger partial charge in [-0.25, -0.2) is 4.79 Å². The molecule has 1 aromatic carbocycles. The molecule has 2 rings (SSSR count). The molecule has 1 aliphatic heterocycles. The van der Waals surface area contributed by atoms with Crippen molar-refractivity contribution in [1.29, 1.82) is 5.26 Å². The molecule has 0 bridgehead atoms. The Morgan fingerprint density at radius 2 is 2.19 bits per heavy atom. The van der Waals surface area contributed by atoms with Gasteiger partial charge in [0.15, 0.2) is 23.3 Å². The number of amides is 1. The number of rotatable bonds is 6. The summed E-state index contributed by atoms with van der Waals surface area (Å²) < 4.78 is 14.9. The molecule has 1 amide bonds. The number of esters is 1. The van der Waals surface area contributed by atoms with Crippen LogP contribution in [0.5, 0.6) is 11.5 Å². The number of nitrogens with zero attached hydrogens (tertiary/aromatic N) is 3. The highest BCUT2D eigenvalue weighted by Gasteiger charge is 2.24. The second kappa shape index (κ2) is 9.24. The Morgan fingerprint density at radius 3 is 2.88 bits per heavy atom. The molecule has 0 spiro atoms. The monoisotopic (exact) mass is 374 g/mol. The first-order valence-electron chi connectivity index (χ1n) is 7.15. The first-order valence-corrected chi connectivity index (χ1v) is 7.96. The summed E-state index contributed by atoms with van der Waals surface area (Å²) in [4.78, 5) is 23.0. The van der Waals surface area contributed by atoms with Crippen LogP contribution in [-0.4, -0.2) is 44.1 Å². The van der Waals surface area contributed by atoms with Crippen LogP contribution >= 0.6 is 11.8 Å². The number of amidine groups is 1. The third kappa shape index (κ3) is 5.09. The number of ether oxygens (including phenoxy) is 3. The van der Waals surface area contributed by atoms with E-state index in [9.17, 15) is 9.59 Å². The second-order valence-corrected chi connectivity index (χ2v) is 5.63. The van der Waals surface area contributed by atoms with Gasteiger partial charge in [-0.2, -0.15) is 10.4 Å². The van der Waals surface area contributed by atoms with Gasteiger partial charge in [0.05, 0.1) is 25.3 Å². The van der Waals surface area contributed by atoms with Gasteiger partial charge in [0.25, 0.3) is 5.91 Å². The summed E-state index contributed by atoms with van der Waals surface area (Å²) in [5, 5.41) is 19.1. The van der Waals surface area contributed by atoms with E-state index in [-0.39, 0.29) is 16.7 Å². The van der Waals surface area contributed by atoms with E-state index in [4.69, 9.17) is 14.7 Å². The zero-order valence-electron chi connectivity index (χ0n) is 13.9. The number of carbonyl (C=O) groups is 2. The Kier molecular flexibility index (Phi) is 6.75. The molecule has 1 N–H and O–H groups in total. The number of methoxy groups -OCH3 is 2. The van der Waals surface area contributed by atoms with Crippen LogP contribution in [0.25, 0.3) is 0 Å². The lowest BCUT2D eigenvalue weighted by atomic mass is 10.2. The maximum atomic E-state index is 11.7. The van der Waals surface area contributed by atoms with Gasteiger partial charge < -0.3 is 14.2 Å². The molecular formula is C16H14N4O5S. The molecule has 0 unspecified atom stereocenters. The Balaban J connectivity index is 2.09. The van der Waals surface area contributed by atoms with Crippen LogP contribution < -0.4 is 14.8 Å². The van der Waals surface area contributed by atoms with E-state index in [1.165, 1.54) is 20.4 Å². The van der Waals surface area contributed by atoms with Crippen molar-refractivity contribution in [3.63, 3.8) is 0 Å². The van der Waals surface area contributed by atoms with Crippen molar-refractivity contribution in [2.45, 2.75) is 0 Å². The van der Waals surface area contributed by atoms with Gasteiger partial charge in [0.1, 0.15) is 6.07 Å². The second-order valence-electron chi connectivity index (χ2n) is 4.59. The van der Waals surface area contributed by atoms with Crippen molar-refractivity contribution >= 4 is 35.0 Å². The molecule has 10 heteroatoms. The average Bonchev–Trinajstić information content (AvgIpc) is 2.99. The van der Waals surface area contributed by atoms with E-state index < -0.39 is 11.9 Å². The summed E-state index contributed by atoms with van der Waals surface area (Å²) >= 11 is 0.973. The van der Waals surface area contributed by atoms with Crippen LogP contribution in [0.15, 0.2) is 39.4 Å². The van der Waals surface area contributed by atoms with Crippen molar-refractivity contribution in [2.75, 3.05) is 20.8 Å². The van der Waals surface area contributed by atoms with E-state index in [1.807, 2.05) is 6.07 Å². The van der Waals surface area contributed by atoms with E-state index in [1.54, 1.807) is 18.2 Å². The first-order chi connectivity index (χ1) is 12.6. The molecule has 0 aliphatic carbocycles. The van der Waals surface area contributed by atoms with Gasteiger partial charge in [-0.05, 0) is 35.5 Å². The van der Waals surface area contributed by atoms with Crippen LogP contribution in [0.1, 0.15) is 5.56 Å². The Bertz CT molecular complexity index is 842. The van der Waals surface area contributed by atoms with Gasteiger partial charge in [-0.1, -0.05) is 0 Å². The fourth-order valence-electron chi connectivity index (χ4n) is 1.79. The summed E-state index contributed by atoms with van der Waals surface area (Å²) in [6.07, 6.45) is 2.52. The maximum Gasteiger partial charge on any atom is 0.331 e. The van der Waals surface area contributed by atoms with Crippen LogP contribution in [-0.2, 0) is 14.3 Å². The topological polar surface area (TPSA) is 122 Å². The summed E-state index contributed by atoms with van der Waals surface area (Å²) in [6.45, 7) is -0.114. The maximum absolute atomic E-state index is 11.7. The number of hydrogen-bond acceptors (Lipinski definition) is 9. The van der Waals surface area contributed by atoms with Gasteiger partial charge in [-0.3, -0.25) is 10.1 Å². The molecule has 0 atom stereocenters. The molecule has 9 nitrogen and oxygen atoms in total. The molecule has 26 heavy (non-hydrogen) atoms. The highest BCUT2D eigenvalue weighted by atomic mass is 32.2. The van der Waals surface area contributed by atoms with Crippen molar-refractivity contribution in [3.05, 3.63) is 34.7 Å². The van der Waals surface area contributed by atoms with E-state index in [2.05, 4.69) is 20.3 Å². The minimum atomic E-state index is -0.629. The van der Waals surface area contributed by atoms with Gasteiger partial charge in [0.2, 0.25) is 0 Å². The zero-order chi connectivity index (χ0) is 18.9. The lowest BCUT2D eigenvalue weighted by Gasteiger charge is -2.08.